The quantitative estimate of drug-likeness (QED) is 0.625. The van der Waals surface area contributed by atoms with Crippen LogP contribution in [0.3, 0.4) is 0 Å². The monoisotopic (exact) mass is 215 g/mol. The highest BCUT2D eigenvalue weighted by atomic mass is 32.2. The molecule has 1 amide bonds. The van der Waals surface area contributed by atoms with Crippen LogP contribution in [0.4, 0.5) is 0 Å². The SMILES string of the molecule is C[C@@H](O)C1C(=O)N2C(C(=O)O)=CS[C@H]12. The Hall–Kier alpha value is -1.01. The van der Waals surface area contributed by atoms with Crippen molar-refractivity contribution in [2.75, 3.05) is 0 Å². The number of carbonyl (C=O) groups is 2. The fourth-order valence-corrected chi connectivity index (χ4v) is 3.01. The highest BCUT2D eigenvalue weighted by Crippen LogP contribution is 2.45. The van der Waals surface area contributed by atoms with E-state index in [1.165, 1.54) is 22.1 Å². The van der Waals surface area contributed by atoms with Gasteiger partial charge in [0.05, 0.1) is 12.0 Å². The van der Waals surface area contributed by atoms with Crippen LogP contribution < -0.4 is 0 Å². The van der Waals surface area contributed by atoms with E-state index in [0.717, 1.165) is 0 Å². The van der Waals surface area contributed by atoms with Crippen molar-refractivity contribution < 1.29 is 19.8 Å². The number of aliphatic hydroxyl groups excluding tert-OH is 1. The number of hydrogen-bond donors (Lipinski definition) is 2. The topological polar surface area (TPSA) is 77.8 Å². The second-order valence-corrected chi connectivity index (χ2v) is 4.30. The average Bonchev–Trinajstić information content (AvgIpc) is 2.42. The number of carboxylic acid groups (broad SMARTS) is 1. The van der Waals surface area contributed by atoms with E-state index >= 15 is 0 Å². The molecule has 5 nitrogen and oxygen atoms in total. The van der Waals surface area contributed by atoms with Gasteiger partial charge in [-0.1, -0.05) is 0 Å². The lowest BCUT2D eigenvalue weighted by atomic mass is 9.92. The van der Waals surface area contributed by atoms with E-state index in [1.54, 1.807) is 6.92 Å². The Kier molecular flexibility index (Phi) is 2.04. The van der Waals surface area contributed by atoms with Crippen molar-refractivity contribution in [3.05, 3.63) is 11.1 Å². The van der Waals surface area contributed by atoms with Crippen LogP contribution in [0.25, 0.3) is 0 Å². The van der Waals surface area contributed by atoms with Gasteiger partial charge in [-0.15, -0.1) is 11.8 Å². The predicted molar refractivity (Wildman–Crippen MR) is 49.1 cm³/mol. The zero-order valence-corrected chi connectivity index (χ0v) is 8.19. The van der Waals surface area contributed by atoms with Crippen LogP contribution in [0, 0.1) is 5.92 Å². The first-order valence-corrected chi connectivity index (χ1v) is 5.08. The lowest BCUT2D eigenvalue weighted by molar-refractivity contribution is -0.156. The zero-order chi connectivity index (χ0) is 10.5. The molecule has 0 aliphatic carbocycles. The molecule has 0 saturated carbocycles. The molecule has 2 rings (SSSR count). The molecular formula is C8H9NO4S. The number of rotatable bonds is 2. The summed E-state index contributed by atoms with van der Waals surface area (Å²) in [6.45, 7) is 1.54. The van der Waals surface area contributed by atoms with Crippen LogP contribution in [0.15, 0.2) is 11.1 Å². The molecule has 0 aromatic heterocycles. The molecule has 3 atom stereocenters. The summed E-state index contributed by atoms with van der Waals surface area (Å²) in [5.74, 6) is -1.87. The minimum absolute atomic E-state index is 0.0156. The molecule has 14 heavy (non-hydrogen) atoms. The Labute approximate surface area is 84.4 Å². The minimum Gasteiger partial charge on any atom is -0.477 e. The van der Waals surface area contributed by atoms with E-state index in [0.29, 0.717) is 0 Å². The number of carbonyl (C=O) groups excluding carboxylic acids is 1. The molecular weight excluding hydrogens is 206 g/mol. The average molecular weight is 215 g/mol. The van der Waals surface area contributed by atoms with Crippen molar-refractivity contribution >= 4 is 23.6 Å². The molecule has 0 aromatic rings. The smallest absolute Gasteiger partial charge is 0.353 e. The minimum atomic E-state index is -1.10. The molecule has 0 aromatic carbocycles. The Morgan fingerprint density at radius 1 is 1.71 bits per heavy atom. The van der Waals surface area contributed by atoms with Crippen molar-refractivity contribution in [1.29, 1.82) is 0 Å². The van der Waals surface area contributed by atoms with Gasteiger partial charge in [-0.3, -0.25) is 9.69 Å². The number of thioether (sulfide) groups is 1. The number of amides is 1. The maximum atomic E-state index is 11.4. The van der Waals surface area contributed by atoms with Crippen LogP contribution >= 0.6 is 11.8 Å². The molecule has 1 saturated heterocycles. The Balaban J connectivity index is 2.17. The van der Waals surface area contributed by atoms with E-state index in [-0.39, 0.29) is 17.0 Å². The summed E-state index contributed by atoms with van der Waals surface area (Å²) in [4.78, 5) is 23.4. The third kappa shape index (κ3) is 1.07. The van der Waals surface area contributed by atoms with Crippen molar-refractivity contribution in [1.82, 2.24) is 4.90 Å². The molecule has 0 radical (unpaired) electrons. The van der Waals surface area contributed by atoms with Crippen LogP contribution in [0.1, 0.15) is 6.92 Å². The van der Waals surface area contributed by atoms with E-state index in [9.17, 15) is 14.7 Å². The van der Waals surface area contributed by atoms with Crippen LogP contribution in [-0.4, -0.2) is 38.5 Å². The van der Waals surface area contributed by atoms with Gasteiger partial charge in [0.25, 0.3) is 0 Å². The summed E-state index contributed by atoms with van der Waals surface area (Å²) in [5.41, 5.74) is 0.0156. The van der Waals surface area contributed by atoms with Gasteiger partial charge in [0.1, 0.15) is 11.1 Å². The van der Waals surface area contributed by atoms with E-state index in [2.05, 4.69) is 0 Å². The molecule has 6 heteroatoms. The first kappa shape index (κ1) is 9.54. The van der Waals surface area contributed by atoms with Gasteiger partial charge in [-0.25, -0.2) is 4.79 Å². The summed E-state index contributed by atoms with van der Waals surface area (Å²) in [6.07, 6.45) is -0.724. The molecule has 1 fully saturated rings. The zero-order valence-electron chi connectivity index (χ0n) is 7.38. The lowest BCUT2D eigenvalue weighted by Gasteiger charge is -2.43. The van der Waals surface area contributed by atoms with Gasteiger partial charge in [-0.05, 0) is 6.92 Å². The molecule has 2 aliphatic heterocycles. The first-order chi connectivity index (χ1) is 6.54. The molecule has 2 N–H and O–H groups in total. The number of nitrogens with zero attached hydrogens (tertiary/aromatic N) is 1. The van der Waals surface area contributed by atoms with Gasteiger partial charge in [-0.2, -0.15) is 0 Å². The van der Waals surface area contributed by atoms with Gasteiger partial charge in [0, 0.05) is 5.41 Å². The maximum absolute atomic E-state index is 11.4. The van der Waals surface area contributed by atoms with Gasteiger partial charge < -0.3 is 10.2 Å². The maximum Gasteiger partial charge on any atom is 0.353 e. The highest BCUT2D eigenvalue weighted by Gasteiger charge is 2.55. The third-order valence-electron chi connectivity index (χ3n) is 2.40. The summed E-state index contributed by atoms with van der Waals surface area (Å²) in [5, 5.41) is 19.2. The first-order valence-electron chi connectivity index (χ1n) is 4.14. The van der Waals surface area contributed by atoms with Gasteiger partial charge in [0.2, 0.25) is 5.91 Å². The van der Waals surface area contributed by atoms with Crippen molar-refractivity contribution in [2.45, 2.75) is 18.4 Å². The fraction of sp³-hybridized carbons (Fsp3) is 0.500. The predicted octanol–water partition coefficient (Wildman–Crippen LogP) is -0.176. The second kappa shape index (κ2) is 2.99. The van der Waals surface area contributed by atoms with Gasteiger partial charge >= 0.3 is 5.97 Å². The highest BCUT2D eigenvalue weighted by molar-refractivity contribution is 8.03. The Morgan fingerprint density at radius 2 is 2.36 bits per heavy atom. The molecule has 0 bridgehead atoms. The normalized spacial score (nSPS) is 32.0. The van der Waals surface area contributed by atoms with Crippen molar-refractivity contribution in [3.8, 4) is 0 Å². The summed E-state index contributed by atoms with van der Waals surface area (Å²) < 4.78 is 0. The van der Waals surface area contributed by atoms with E-state index < -0.39 is 18.0 Å². The molecule has 1 unspecified atom stereocenters. The number of carboxylic acids is 1. The van der Waals surface area contributed by atoms with Crippen molar-refractivity contribution in [2.24, 2.45) is 5.92 Å². The van der Waals surface area contributed by atoms with Crippen molar-refractivity contribution in [3.63, 3.8) is 0 Å². The lowest BCUT2D eigenvalue weighted by Crippen LogP contribution is -2.60. The van der Waals surface area contributed by atoms with Crippen LogP contribution in [0.5, 0.6) is 0 Å². The van der Waals surface area contributed by atoms with E-state index in [4.69, 9.17) is 5.11 Å². The fourth-order valence-electron chi connectivity index (χ4n) is 1.68. The molecule has 76 valence electrons. The second-order valence-electron chi connectivity index (χ2n) is 3.31. The van der Waals surface area contributed by atoms with Gasteiger partial charge in [0.15, 0.2) is 0 Å². The summed E-state index contributed by atoms with van der Waals surface area (Å²) >= 11 is 1.27. The largest absolute Gasteiger partial charge is 0.477 e. The summed E-state index contributed by atoms with van der Waals surface area (Å²) in [7, 11) is 0. The number of fused-ring (bicyclic) bond motifs is 1. The standard InChI is InChI=1S/C8H9NO4S/c1-3(10)5-6(11)9-4(8(12)13)2-14-7(5)9/h2-3,5,7,10H,1H3,(H,12,13)/t3-,5?,7-/m1/s1. The van der Waals surface area contributed by atoms with Crippen LogP contribution in [-0.2, 0) is 9.59 Å². The number of aliphatic carboxylic acids is 1. The third-order valence-corrected chi connectivity index (χ3v) is 3.54. The number of β-lactam (4-membered cyclic amide) rings is 1. The summed E-state index contributed by atoms with van der Waals surface area (Å²) in [6, 6.07) is 0. The molecule has 0 spiro atoms. The number of aliphatic hydroxyl groups is 1. The van der Waals surface area contributed by atoms with E-state index in [1.807, 2.05) is 0 Å². The van der Waals surface area contributed by atoms with Crippen LogP contribution in [0.2, 0.25) is 0 Å². The Bertz CT molecular complexity index is 338. The Morgan fingerprint density at radius 3 is 2.86 bits per heavy atom. The molecule has 2 aliphatic rings. The molecule has 2 heterocycles. The number of hydrogen-bond acceptors (Lipinski definition) is 4.